The maximum Gasteiger partial charge on any atom is 0.222 e. The zero-order valence-corrected chi connectivity index (χ0v) is 12.1. The fourth-order valence-corrected chi connectivity index (χ4v) is 3.68. The van der Waals surface area contributed by atoms with E-state index in [2.05, 4.69) is 0 Å². The second-order valence-electron chi connectivity index (χ2n) is 6.32. The van der Waals surface area contributed by atoms with E-state index in [1.165, 1.54) is 38.5 Å². The van der Waals surface area contributed by atoms with Crippen molar-refractivity contribution in [2.24, 2.45) is 5.92 Å². The third-order valence-electron chi connectivity index (χ3n) is 4.89. The molecule has 2 rings (SSSR count). The largest absolute Gasteiger partial charge is 0.394 e. The van der Waals surface area contributed by atoms with E-state index in [4.69, 9.17) is 0 Å². The lowest BCUT2D eigenvalue weighted by Gasteiger charge is -2.34. The zero-order chi connectivity index (χ0) is 13.5. The minimum absolute atomic E-state index is 0.0935. The number of nitrogens with zero attached hydrogens (tertiary/aromatic N) is 1. The molecule has 0 aromatic rings. The number of aliphatic hydroxyl groups excluding tert-OH is 1. The zero-order valence-electron chi connectivity index (χ0n) is 12.1. The number of hydrogen-bond donors (Lipinski definition) is 1. The number of likely N-dealkylation sites (tertiary alicyclic amines) is 1. The predicted octanol–water partition coefficient (Wildman–Crippen LogP) is 3.11. The molecule has 110 valence electrons. The van der Waals surface area contributed by atoms with Crippen molar-refractivity contribution in [1.29, 1.82) is 0 Å². The Balaban J connectivity index is 1.67. The first-order valence-electron chi connectivity index (χ1n) is 8.21. The first-order chi connectivity index (χ1) is 9.31. The van der Waals surface area contributed by atoms with E-state index in [0.29, 0.717) is 6.42 Å². The smallest absolute Gasteiger partial charge is 0.222 e. The molecule has 1 saturated carbocycles. The van der Waals surface area contributed by atoms with Crippen LogP contribution in [0.5, 0.6) is 0 Å². The minimum atomic E-state index is 0.0935. The number of carbonyl (C=O) groups excluding carboxylic acids is 1. The van der Waals surface area contributed by atoms with Gasteiger partial charge in [0.25, 0.3) is 0 Å². The molecule has 1 N–H and O–H groups in total. The van der Waals surface area contributed by atoms with Crippen molar-refractivity contribution in [1.82, 2.24) is 4.90 Å². The van der Waals surface area contributed by atoms with Crippen LogP contribution in [0.4, 0.5) is 0 Å². The van der Waals surface area contributed by atoms with E-state index in [-0.39, 0.29) is 18.6 Å². The third kappa shape index (κ3) is 4.48. The number of piperidine rings is 1. The predicted molar refractivity (Wildman–Crippen MR) is 76.9 cm³/mol. The molecular formula is C16H29NO2. The highest BCUT2D eigenvalue weighted by Crippen LogP contribution is 2.28. The van der Waals surface area contributed by atoms with Crippen LogP contribution < -0.4 is 0 Å². The van der Waals surface area contributed by atoms with Crippen molar-refractivity contribution >= 4 is 5.91 Å². The van der Waals surface area contributed by atoms with Crippen molar-refractivity contribution in [3.8, 4) is 0 Å². The Morgan fingerprint density at radius 1 is 1.05 bits per heavy atom. The van der Waals surface area contributed by atoms with Crippen LogP contribution in [0.15, 0.2) is 0 Å². The normalized spacial score (nSPS) is 25.5. The van der Waals surface area contributed by atoms with Crippen LogP contribution in [0.2, 0.25) is 0 Å². The van der Waals surface area contributed by atoms with Crippen molar-refractivity contribution in [3.63, 3.8) is 0 Å². The summed E-state index contributed by atoms with van der Waals surface area (Å²) in [6, 6.07) is 0.0935. The van der Waals surface area contributed by atoms with E-state index in [9.17, 15) is 9.90 Å². The molecule has 2 aliphatic rings. The van der Waals surface area contributed by atoms with Gasteiger partial charge in [-0.15, -0.1) is 0 Å². The van der Waals surface area contributed by atoms with Gasteiger partial charge in [0.1, 0.15) is 0 Å². The Hall–Kier alpha value is -0.570. The molecule has 1 aliphatic carbocycles. The van der Waals surface area contributed by atoms with Crippen molar-refractivity contribution in [2.45, 2.75) is 76.7 Å². The quantitative estimate of drug-likeness (QED) is 0.831. The second-order valence-corrected chi connectivity index (χ2v) is 6.32. The van der Waals surface area contributed by atoms with Gasteiger partial charge in [0, 0.05) is 13.0 Å². The van der Waals surface area contributed by atoms with Gasteiger partial charge in [-0.05, 0) is 38.0 Å². The summed E-state index contributed by atoms with van der Waals surface area (Å²) in [5.41, 5.74) is 0. The Labute approximate surface area is 117 Å². The van der Waals surface area contributed by atoms with Gasteiger partial charge in [-0.3, -0.25) is 4.79 Å². The highest BCUT2D eigenvalue weighted by molar-refractivity contribution is 5.76. The summed E-state index contributed by atoms with van der Waals surface area (Å²) in [6.45, 7) is 0.988. The number of carbonyl (C=O) groups is 1. The number of aliphatic hydroxyl groups is 1. The van der Waals surface area contributed by atoms with Gasteiger partial charge in [0.05, 0.1) is 12.6 Å². The van der Waals surface area contributed by atoms with Crippen LogP contribution in [0.1, 0.15) is 70.6 Å². The van der Waals surface area contributed by atoms with Crippen LogP contribution in [-0.2, 0) is 4.79 Å². The molecule has 0 bridgehead atoms. The summed E-state index contributed by atoms with van der Waals surface area (Å²) >= 11 is 0. The maximum absolute atomic E-state index is 12.2. The molecule has 3 heteroatoms. The van der Waals surface area contributed by atoms with Gasteiger partial charge in [-0.25, -0.2) is 0 Å². The summed E-state index contributed by atoms with van der Waals surface area (Å²) in [4.78, 5) is 14.2. The summed E-state index contributed by atoms with van der Waals surface area (Å²) in [5, 5.41) is 9.35. The van der Waals surface area contributed by atoms with E-state index in [1.54, 1.807) is 0 Å². The molecule has 1 atom stereocenters. The van der Waals surface area contributed by atoms with Gasteiger partial charge in [0.2, 0.25) is 5.91 Å². The Morgan fingerprint density at radius 3 is 2.53 bits per heavy atom. The van der Waals surface area contributed by atoms with Crippen molar-refractivity contribution in [2.75, 3.05) is 13.2 Å². The molecule has 1 aliphatic heterocycles. The van der Waals surface area contributed by atoms with Gasteiger partial charge in [-0.2, -0.15) is 0 Å². The molecule has 0 radical (unpaired) electrons. The molecule has 0 aromatic heterocycles. The van der Waals surface area contributed by atoms with E-state index >= 15 is 0 Å². The molecule has 19 heavy (non-hydrogen) atoms. The van der Waals surface area contributed by atoms with Crippen molar-refractivity contribution in [3.05, 3.63) is 0 Å². The third-order valence-corrected chi connectivity index (χ3v) is 4.89. The Bertz CT molecular complexity index is 274. The molecule has 1 saturated heterocycles. The van der Waals surface area contributed by atoms with Crippen LogP contribution >= 0.6 is 0 Å². The number of rotatable bonds is 5. The summed E-state index contributed by atoms with van der Waals surface area (Å²) < 4.78 is 0. The fraction of sp³-hybridized carbons (Fsp3) is 0.938. The Kier molecular flexibility index (Phi) is 6.15. The monoisotopic (exact) mass is 267 g/mol. The lowest BCUT2D eigenvalue weighted by molar-refractivity contribution is -0.136. The highest BCUT2D eigenvalue weighted by atomic mass is 16.3. The SMILES string of the molecule is O=C(CCCC1CCCCC1)N1CCCCC1CO. The molecule has 0 spiro atoms. The molecule has 1 heterocycles. The molecule has 2 fully saturated rings. The number of amides is 1. The molecule has 3 nitrogen and oxygen atoms in total. The number of hydrogen-bond acceptors (Lipinski definition) is 2. The van der Waals surface area contributed by atoms with Gasteiger partial charge in [0.15, 0.2) is 0 Å². The van der Waals surface area contributed by atoms with Crippen LogP contribution in [0.3, 0.4) is 0 Å². The minimum Gasteiger partial charge on any atom is -0.394 e. The van der Waals surface area contributed by atoms with Gasteiger partial charge in [-0.1, -0.05) is 32.1 Å². The highest BCUT2D eigenvalue weighted by Gasteiger charge is 2.25. The summed E-state index contributed by atoms with van der Waals surface area (Å²) in [7, 11) is 0. The van der Waals surface area contributed by atoms with Gasteiger partial charge < -0.3 is 10.0 Å². The molecule has 0 aromatic carbocycles. The lowest BCUT2D eigenvalue weighted by atomic mass is 9.86. The first kappa shape index (κ1) is 14.8. The van der Waals surface area contributed by atoms with E-state index < -0.39 is 0 Å². The average molecular weight is 267 g/mol. The van der Waals surface area contributed by atoms with Crippen LogP contribution in [-0.4, -0.2) is 35.1 Å². The first-order valence-corrected chi connectivity index (χ1v) is 8.21. The second kappa shape index (κ2) is 7.88. The average Bonchev–Trinajstić information content (AvgIpc) is 2.48. The Morgan fingerprint density at radius 2 is 1.79 bits per heavy atom. The standard InChI is InChI=1S/C16H29NO2/c18-13-15-10-4-5-12-17(15)16(19)11-6-9-14-7-2-1-3-8-14/h14-15,18H,1-13H2. The summed E-state index contributed by atoms with van der Waals surface area (Å²) in [5.74, 6) is 1.14. The molecular weight excluding hydrogens is 238 g/mol. The maximum atomic E-state index is 12.2. The van der Waals surface area contributed by atoms with Crippen LogP contribution in [0.25, 0.3) is 0 Å². The van der Waals surface area contributed by atoms with Crippen molar-refractivity contribution < 1.29 is 9.90 Å². The summed E-state index contributed by atoms with van der Waals surface area (Å²) in [6.07, 6.45) is 13.1. The van der Waals surface area contributed by atoms with E-state index in [0.717, 1.165) is 38.1 Å². The molecule has 1 unspecified atom stereocenters. The lowest BCUT2D eigenvalue weighted by Crippen LogP contribution is -2.45. The topological polar surface area (TPSA) is 40.5 Å². The molecule has 1 amide bonds. The van der Waals surface area contributed by atoms with Gasteiger partial charge >= 0.3 is 0 Å². The van der Waals surface area contributed by atoms with E-state index in [1.807, 2.05) is 4.90 Å². The van der Waals surface area contributed by atoms with Crippen LogP contribution in [0, 0.1) is 5.92 Å². The fourth-order valence-electron chi connectivity index (χ4n) is 3.68.